The minimum absolute atomic E-state index is 0.0241. The van der Waals surface area contributed by atoms with Gasteiger partial charge < -0.3 is 19.3 Å². The van der Waals surface area contributed by atoms with Gasteiger partial charge in [0.15, 0.2) is 0 Å². The van der Waals surface area contributed by atoms with Crippen molar-refractivity contribution in [3.8, 4) is 5.75 Å². The van der Waals surface area contributed by atoms with Crippen LogP contribution in [-0.2, 0) is 30.3 Å². The maximum atomic E-state index is 13.2. The van der Waals surface area contributed by atoms with Gasteiger partial charge in [-0.1, -0.05) is 22.4 Å². The predicted molar refractivity (Wildman–Crippen MR) is 143 cm³/mol. The van der Waals surface area contributed by atoms with Crippen LogP contribution in [0.25, 0.3) is 20.9 Å². The molecule has 0 aromatic heterocycles. The third kappa shape index (κ3) is 11.3. The second kappa shape index (κ2) is 14.3. The molecule has 2 unspecified atom stereocenters. The van der Waals surface area contributed by atoms with E-state index >= 15 is 0 Å². The molecule has 220 valence electrons. The van der Waals surface area contributed by atoms with E-state index in [2.05, 4.69) is 25.5 Å². The summed E-state index contributed by atoms with van der Waals surface area (Å²) in [6.07, 6.45) is -0.823. The van der Waals surface area contributed by atoms with E-state index in [1.165, 1.54) is 6.92 Å². The number of carboxylic acids is 1. The first-order valence-electron chi connectivity index (χ1n) is 12.4. The monoisotopic (exact) mass is 563 g/mol. The van der Waals surface area contributed by atoms with Gasteiger partial charge in [0.05, 0.1) is 6.04 Å². The van der Waals surface area contributed by atoms with Crippen molar-refractivity contribution in [1.82, 2.24) is 5.48 Å². The average Bonchev–Trinajstić information content (AvgIpc) is 2.82. The van der Waals surface area contributed by atoms with Crippen LogP contribution in [0.4, 0.5) is 4.79 Å². The molecule has 1 aromatic rings. The van der Waals surface area contributed by atoms with E-state index in [4.69, 9.17) is 40.0 Å². The zero-order valence-electron chi connectivity index (χ0n) is 24.0. The Morgan fingerprint density at radius 1 is 1.10 bits per heavy atom. The van der Waals surface area contributed by atoms with Gasteiger partial charge in [-0.3, -0.25) is 4.79 Å². The quantitative estimate of drug-likeness (QED) is 0.131. The average molecular weight is 564 g/mol. The Labute approximate surface area is 232 Å². The number of rotatable bonds is 8. The molecule has 0 fully saturated rings. The topological polar surface area (TPSA) is 218 Å². The molecular weight excluding hydrogens is 526 g/mol. The Morgan fingerprint density at radius 3 is 2.23 bits per heavy atom. The summed E-state index contributed by atoms with van der Waals surface area (Å²) in [5.74, 6) is -1.05. The largest absolute Gasteiger partial charge is 0.486 e. The number of aliphatic carboxylic acids is 1. The molecule has 0 saturated heterocycles. The summed E-state index contributed by atoms with van der Waals surface area (Å²) in [6, 6.07) is 4.52. The highest BCUT2D eigenvalue weighted by atomic mass is 16.7. The van der Waals surface area contributed by atoms with Gasteiger partial charge in [-0.05, 0) is 89.6 Å². The number of esters is 1. The van der Waals surface area contributed by atoms with E-state index in [-0.39, 0.29) is 6.54 Å². The molecule has 2 rings (SSSR count). The number of nitrogens with zero attached hydrogens (tertiary/aromatic N) is 6. The van der Waals surface area contributed by atoms with E-state index in [1.807, 2.05) is 6.07 Å². The molecule has 1 aliphatic heterocycles. The van der Waals surface area contributed by atoms with Crippen LogP contribution in [-0.4, -0.2) is 52.6 Å². The SMILES string of the molecule is CC(=O)O.CC(C)(C)OC(=O)NOC(C)(C(=O)OC(C)(C)C)[C@H]1CCc2cc(C(CN=[N+]=[N-])N=[N+]=[N-])ccc2O1. The van der Waals surface area contributed by atoms with Gasteiger partial charge in [-0.15, -0.1) is 0 Å². The van der Waals surface area contributed by atoms with Crippen LogP contribution in [0.3, 0.4) is 0 Å². The summed E-state index contributed by atoms with van der Waals surface area (Å²) in [4.78, 5) is 45.6. The molecule has 1 aromatic carbocycles. The summed E-state index contributed by atoms with van der Waals surface area (Å²) in [5, 5.41) is 14.6. The number of hydroxylamine groups is 1. The fourth-order valence-electron chi connectivity index (χ4n) is 3.45. The number of amides is 1. The maximum absolute atomic E-state index is 13.2. The molecule has 15 heteroatoms. The maximum Gasteiger partial charge on any atom is 0.431 e. The lowest BCUT2D eigenvalue weighted by molar-refractivity contribution is -0.205. The second-order valence-corrected chi connectivity index (χ2v) is 11.0. The molecule has 0 aliphatic carbocycles. The number of hydrogen-bond acceptors (Lipinski definition) is 9. The molecule has 3 atom stereocenters. The van der Waals surface area contributed by atoms with Crippen LogP contribution in [0.1, 0.15) is 79.0 Å². The lowest BCUT2D eigenvalue weighted by Gasteiger charge is -2.39. The molecule has 1 amide bonds. The van der Waals surface area contributed by atoms with Gasteiger partial charge in [0.1, 0.15) is 23.1 Å². The van der Waals surface area contributed by atoms with Crippen molar-refractivity contribution in [1.29, 1.82) is 0 Å². The number of fused-ring (bicyclic) bond motifs is 1. The number of carbonyl (C=O) groups is 3. The molecule has 0 spiro atoms. The van der Waals surface area contributed by atoms with Crippen LogP contribution in [0, 0.1) is 0 Å². The van der Waals surface area contributed by atoms with Gasteiger partial charge in [0.2, 0.25) is 5.60 Å². The van der Waals surface area contributed by atoms with Crippen molar-refractivity contribution in [2.75, 3.05) is 6.54 Å². The molecule has 0 radical (unpaired) electrons. The molecule has 0 bridgehead atoms. The van der Waals surface area contributed by atoms with Crippen LogP contribution in [0.15, 0.2) is 28.4 Å². The van der Waals surface area contributed by atoms with Crippen LogP contribution < -0.4 is 10.2 Å². The molecule has 1 heterocycles. The Balaban J connectivity index is 0.00000187. The van der Waals surface area contributed by atoms with E-state index in [0.29, 0.717) is 24.2 Å². The van der Waals surface area contributed by atoms with Crippen molar-refractivity contribution in [2.45, 2.75) is 97.2 Å². The zero-order valence-corrected chi connectivity index (χ0v) is 24.0. The number of ether oxygens (including phenoxy) is 3. The van der Waals surface area contributed by atoms with Crippen molar-refractivity contribution < 1.29 is 38.5 Å². The predicted octanol–water partition coefficient (Wildman–Crippen LogP) is 5.69. The number of nitrogens with one attached hydrogen (secondary N) is 1. The summed E-state index contributed by atoms with van der Waals surface area (Å²) in [7, 11) is 0. The van der Waals surface area contributed by atoms with Gasteiger partial charge in [-0.25, -0.2) is 14.4 Å². The lowest BCUT2D eigenvalue weighted by Crippen LogP contribution is -2.58. The fraction of sp³-hybridized carbons (Fsp3) is 0.640. The van der Waals surface area contributed by atoms with Gasteiger partial charge in [0, 0.05) is 23.3 Å². The second-order valence-electron chi connectivity index (χ2n) is 11.0. The van der Waals surface area contributed by atoms with Crippen molar-refractivity contribution >= 4 is 18.0 Å². The molecular formula is C25H37N7O8. The number of azide groups is 2. The Morgan fingerprint density at radius 2 is 1.70 bits per heavy atom. The summed E-state index contributed by atoms with van der Waals surface area (Å²) >= 11 is 0. The Kier molecular flexibility index (Phi) is 12.1. The number of benzene rings is 1. The Bertz CT molecular complexity index is 1160. The summed E-state index contributed by atoms with van der Waals surface area (Å²) in [6.45, 7) is 12.8. The van der Waals surface area contributed by atoms with E-state index < -0.39 is 47.0 Å². The lowest BCUT2D eigenvalue weighted by atomic mass is 9.89. The fourth-order valence-corrected chi connectivity index (χ4v) is 3.45. The summed E-state index contributed by atoms with van der Waals surface area (Å²) < 4.78 is 16.9. The van der Waals surface area contributed by atoms with Gasteiger partial charge in [-0.2, -0.15) is 5.48 Å². The standard InChI is InChI=1S/C23H33N7O6.C2H4O2/c1-21(2,3)34-19(31)23(7,36-28-20(32)35-22(4,5)6)18-11-9-15-12-14(8-10-17(15)33-18)16(27-30-25)13-26-29-24;1-2(3)4/h8,10,12,16,18H,9,11,13H2,1-7H3,(H,28,32);1H3,(H,3,4)/t16?,18-,23?;/m1./s1. The van der Waals surface area contributed by atoms with Crippen LogP contribution in [0.5, 0.6) is 5.75 Å². The van der Waals surface area contributed by atoms with Crippen molar-refractivity contribution in [3.05, 3.63) is 50.2 Å². The van der Waals surface area contributed by atoms with E-state index in [9.17, 15) is 9.59 Å². The third-order valence-electron chi connectivity index (χ3n) is 5.09. The number of carbonyl (C=O) groups excluding carboxylic acids is 2. The molecule has 0 saturated carbocycles. The smallest absolute Gasteiger partial charge is 0.431 e. The first-order valence-corrected chi connectivity index (χ1v) is 12.4. The van der Waals surface area contributed by atoms with Gasteiger partial charge >= 0.3 is 12.1 Å². The highest BCUT2D eigenvalue weighted by Crippen LogP contribution is 2.36. The van der Waals surface area contributed by atoms with Crippen LogP contribution in [0.2, 0.25) is 0 Å². The zero-order chi connectivity index (χ0) is 30.7. The third-order valence-corrected chi connectivity index (χ3v) is 5.09. The minimum atomic E-state index is -1.70. The molecule has 2 N–H and O–H groups in total. The summed E-state index contributed by atoms with van der Waals surface area (Å²) in [5.41, 5.74) is 17.8. The number of hydrogen-bond donors (Lipinski definition) is 2. The van der Waals surface area contributed by atoms with Crippen molar-refractivity contribution in [3.63, 3.8) is 0 Å². The normalized spacial score (nSPS) is 16.4. The highest BCUT2D eigenvalue weighted by molar-refractivity contribution is 5.81. The van der Waals surface area contributed by atoms with E-state index in [0.717, 1.165) is 12.5 Å². The molecule has 40 heavy (non-hydrogen) atoms. The van der Waals surface area contributed by atoms with Crippen LogP contribution >= 0.6 is 0 Å². The van der Waals surface area contributed by atoms with Crippen molar-refractivity contribution in [2.24, 2.45) is 10.2 Å². The molecule has 1 aliphatic rings. The number of carboxylic acid groups (broad SMARTS) is 1. The number of aryl methyl sites for hydroxylation is 1. The van der Waals surface area contributed by atoms with E-state index in [1.54, 1.807) is 53.7 Å². The minimum Gasteiger partial charge on any atom is -0.486 e. The first kappa shape index (κ1) is 33.8. The highest BCUT2D eigenvalue weighted by Gasteiger charge is 2.50. The Hall–Kier alpha value is -4.19. The van der Waals surface area contributed by atoms with Gasteiger partial charge in [0.25, 0.3) is 5.97 Å². The first-order chi connectivity index (χ1) is 18.4. The molecule has 15 nitrogen and oxygen atoms in total.